The molecule has 3 rings (SSSR count). The van der Waals surface area contributed by atoms with Gasteiger partial charge in [0.25, 0.3) is 0 Å². The van der Waals surface area contributed by atoms with Crippen LogP contribution >= 0.6 is 0 Å². The Bertz CT molecular complexity index is 1530. The molecule has 6 nitrogen and oxygen atoms in total. The first kappa shape index (κ1) is 34.7. The summed E-state index contributed by atoms with van der Waals surface area (Å²) in [7, 11) is 0. The molecule has 0 spiro atoms. The summed E-state index contributed by atoms with van der Waals surface area (Å²) in [5.41, 5.74) is 3.14. The number of carbonyl (C=O) groups excluding carboxylic acids is 2. The number of phenolic OH excluding ortho intramolecular Hbond substituents is 2. The van der Waals surface area contributed by atoms with Gasteiger partial charge in [0.15, 0.2) is 0 Å². The molecule has 0 aromatic heterocycles. The maximum Gasteiger partial charge on any atom is 0.123 e. The van der Waals surface area contributed by atoms with Crippen molar-refractivity contribution in [3.8, 4) is 11.5 Å². The number of hydrogen-bond donors (Lipinski definition) is 2. The Hall–Kier alpha value is -3.80. The maximum atomic E-state index is 12.6. The van der Waals surface area contributed by atoms with Crippen molar-refractivity contribution in [2.75, 3.05) is 0 Å². The average molecular weight is 601 g/mol. The standard InChI is InChI=1S/C38H50O6/c1-35(2,3)26-17-21(18-27(31(26)39)36(4,5)6)15-23-13-14-24(33(41)42)30(34(43)44)25(23)16-22-19-28(37(7,8)9)32(40)29(20-22)38(10,11)12/h13-14,17-20,39-40H,15-16H2,1-12H3,(H,41,42)(H,43,44)/p-2. The van der Waals surface area contributed by atoms with Crippen LogP contribution in [-0.2, 0) is 34.5 Å². The Morgan fingerprint density at radius 1 is 0.568 bits per heavy atom. The molecule has 0 aliphatic heterocycles. The average Bonchev–Trinajstić information content (AvgIpc) is 2.83. The zero-order chi connectivity index (χ0) is 33.7. The fourth-order valence-electron chi connectivity index (χ4n) is 5.77. The van der Waals surface area contributed by atoms with Gasteiger partial charge in [0.1, 0.15) is 11.5 Å². The van der Waals surface area contributed by atoms with Gasteiger partial charge in [-0.05, 0) is 79.0 Å². The van der Waals surface area contributed by atoms with Gasteiger partial charge in [-0.2, -0.15) is 0 Å². The van der Waals surface area contributed by atoms with Gasteiger partial charge in [-0.25, -0.2) is 0 Å². The number of rotatable bonds is 6. The highest BCUT2D eigenvalue weighted by Crippen LogP contribution is 2.42. The summed E-state index contributed by atoms with van der Waals surface area (Å²) in [6, 6.07) is 10.5. The van der Waals surface area contributed by atoms with Crippen LogP contribution in [0.3, 0.4) is 0 Å². The third-order valence-corrected chi connectivity index (χ3v) is 8.18. The molecule has 0 amide bonds. The largest absolute Gasteiger partial charge is 0.545 e. The van der Waals surface area contributed by atoms with Crippen molar-refractivity contribution in [3.63, 3.8) is 0 Å². The van der Waals surface area contributed by atoms with E-state index in [1.54, 1.807) is 6.07 Å². The van der Waals surface area contributed by atoms with Crippen LogP contribution in [0.25, 0.3) is 0 Å². The van der Waals surface area contributed by atoms with E-state index in [4.69, 9.17) is 0 Å². The zero-order valence-electron chi connectivity index (χ0n) is 28.4. The molecule has 3 aromatic rings. The smallest absolute Gasteiger partial charge is 0.123 e. The molecule has 0 unspecified atom stereocenters. The van der Waals surface area contributed by atoms with Crippen LogP contribution in [0.1, 0.15) is 148 Å². The highest BCUT2D eigenvalue weighted by atomic mass is 16.4. The van der Waals surface area contributed by atoms with Crippen molar-refractivity contribution in [1.29, 1.82) is 0 Å². The number of aromatic carboxylic acids is 2. The van der Waals surface area contributed by atoms with Gasteiger partial charge in [0, 0.05) is 11.1 Å². The molecule has 6 heteroatoms. The summed E-state index contributed by atoms with van der Waals surface area (Å²) in [6.45, 7) is 24.1. The summed E-state index contributed by atoms with van der Waals surface area (Å²) in [6.07, 6.45) is 0.397. The van der Waals surface area contributed by atoms with Crippen LogP contribution in [0.5, 0.6) is 11.5 Å². The molecule has 3 aromatic carbocycles. The molecule has 0 fully saturated rings. The Morgan fingerprint density at radius 3 is 1.20 bits per heavy atom. The Kier molecular flexibility index (Phi) is 9.15. The first-order chi connectivity index (χ1) is 19.8. The Balaban J connectivity index is 2.37. The molecule has 2 N–H and O–H groups in total. The van der Waals surface area contributed by atoms with Gasteiger partial charge in [-0.1, -0.05) is 119 Å². The van der Waals surface area contributed by atoms with E-state index in [2.05, 4.69) is 0 Å². The normalized spacial score (nSPS) is 12.8. The van der Waals surface area contributed by atoms with Gasteiger partial charge in [0.2, 0.25) is 0 Å². The lowest BCUT2D eigenvalue weighted by Gasteiger charge is -2.29. The van der Waals surface area contributed by atoms with Crippen molar-refractivity contribution in [2.45, 2.75) is 118 Å². The molecule has 0 saturated carbocycles. The third kappa shape index (κ3) is 7.28. The van der Waals surface area contributed by atoms with E-state index in [-0.39, 0.29) is 28.7 Å². The molecule has 0 aliphatic rings. The summed E-state index contributed by atoms with van der Waals surface area (Å²) >= 11 is 0. The molecule has 0 aliphatic carbocycles. The van der Waals surface area contributed by atoms with Crippen LogP contribution in [0.15, 0.2) is 36.4 Å². The molecular formula is C38H48O6-2. The topological polar surface area (TPSA) is 121 Å². The summed E-state index contributed by atoms with van der Waals surface area (Å²) < 4.78 is 0. The number of carbonyl (C=O) groups is 2. The quantitative estimate of drug-likeness (QED) is 0.348. The minimum atomic E-state index is -1.59. The number of carboxylic acids is 2. The van der Waals surface area contributed by atoms with Crippen molar-refractivity contribution >= 4 is 11.9 Å². The van der Waals surface area contributed by atoms with Gasteiger partial charge in [0.05, 0.1) is 11.9 Å². The van der Waals surface area contributed by atoms with E-state index in [1.807, 2.05) is 107 Å². The lowest BCUT2D eigenvalue weighted by Crippen LogP contribution is -2.32. The Morgan fingerprint density at radius 2 is 0.909 bits per heavy atom. The number of hydrogen-bond acceptors (Lipinski definition) is 6. The van der Waals surface area contributed by atoms with E-state index >= 15 is 0 Å². The minimum Gasteiger partial charge on any atom is -0.545 e. The van der Waals surface area contributed by atoms with Gasteiger partial charge in [-0.3, -0.25) is 0 Å². The second kappa shape index (κ2) is 11.6. The molecule has 0 atom stereocenters. The van der Waals surface area contributed by atoms with E-state index in [0.717, 1.165) is 33.4 Å². The van der Waals surface area contributed by atoms with Crippen LogP contribution in [0.2, 0.25) is 0 Å². The summed E-state index contributed by atoms with van der Waals surface area (Å²) in [5, 5.41) is 47.2. The number of aromatic hydroxyl groups is 2. The van der Waals surface area contributed by atoms with Crippen molar-refractivity contribution < 1.29 is 30.0 Å². The van der Waals surface area contributed by atoms with Gasteiger partial charge in [-0.15, -0.1) is 0 Å². The zero-order valence-corrected chi connectivity index (χ0v) is 28.4. The van der Waals surface area contributed by atoms with Crippen molar-refractivity contribution in [3.05, 3.63) is 92.0 Å². The minimum absolute atomic E-state index is 0.0997. The molecule has 238 valence electrons. The van der Waals surface area contributed by atoms with E-state index in [0.29, 0.717) is 17.5 Å². The highest BCUT2D eigenvalue weighted by Gasteiger charge is 2.29. The summed E-state index contributed by atoms with van der Waals surface area (Å²) in [4.78, 5) is 24.7. The highest BCUT2D eigenvalue weighted by molar-refractivity contribution is 6.01. The Labute approximate surface area is 262 Å². The van der Waals surface area contributed by atoms with E-state index in [9.17, 15) is 30.0 Å². The molecular weight excluding hydrogens is 552 g/mol. The first-order valence-electron chi connectivity index (χ1n) is 15.1. The van der Waals surface area contributed by atoms with Crippen LogP contribution < -0.4 is 10.2 Å². The third-order valence-electron chi connectivity index (χ3n) is 8.18. The maximum absolute atomic E-state index is 12.6. The van der Waals surface area contributed by atoms with Gasteiger partial charge >= 0.3 is 0 Å². The van der Waals surface area contributed by atoms with E-state index < -0.39 is 33.9 Å². The van der Waals surface area contributed by atoms with Crippen molar-refractivity contribution in [1.82, 2.24) is 0 Å². The fourth-order valence-corrected chi connectivity index (χ4v) is 5.77. The second-order valence-electron chi connectivity index (χ2n) is 16.1. The lowest BCUT2D eigenvalue weighted by molar-refractivity contribution is -0.259. The SMILES string of the molecule is CC(C)(C)c1cc(Cc2ccc(C(=O)[O-])c(C(=O)[O-])c2Cc2cc(C(C)(C)C)c(O)c(C(C)(C)C)c2)cc(C(C)(C)C)c1O. The predicted molar refractivity (Wildman–Crippen MR) is 172 cm³/mol. The number of benzene rings is 3. The predicted octanol–water partition coefficient (Wildman–Crippen LogP) is 6.20. The monoisotopic (exact) mass is 600 g/mol. The molecule has 0 bridgehead atoms. The molecule has 0 radical (unpaired) electrons. The molecule has 0 saturated heterocycles. The molecule has 44 heavy (non-hydrogen) atoms. The lowest BCUT2D eigenvalue weighted by atomic mass is 9.76. The van der Waals surface area contributed by atoms with Gasteiger partial charge < -0.3 is 30.0 Å². The fraction of sp³-hybridized carbons (Fsp3) is 0.474. The second-order valence-corrected chi connectivity index (χ2v) is 16.1. The summed E-state index contributed by atoms with van der Waals surface area (Å²) in [5.74, 6) is -2.75. The van der Waals surface area contributed by atoms with Crippen LogP contribution in [0.4, 0.5) is 0 Å². The first-order valence-corrected chi connectivity index (χ1v) is 15.1. The van der Waals surface area contributed by atoms with Crippen LogP contribution in [0, 0.1) is 0 Å². The number of phenols is 2. The van der Waals surface area contributed by atoms with Crippen LogP contribution in [-0.4, -0.2) is 22.2 Å². The number of carboxylic acid groups (broad SMARTS) is 2. The van der Waals surface area contributed by atoms with E-state index in [1.165, 1.54) is 6.07 Å². The molecule has 0 heterocycles. The van der Waals surface area contributed by atoms with Crippen molar-refractivity contribution in [2.24, 2.45) is 0 Å².